The van der Waals surface area contributed by atoms with Crippen molar-refractivity contribution in [3.05, 3.63) is 51.8 Å². The number of hydrogen-bond donors (Lipinski definition) is 1. The second-order valence-corrected chi connectivity index (χ2v) is 5.45. The van der Waals surface area contributed by atoms with Crippen LogP contribution in [-0.2, 0) is 6.42 Å². The molecule has 0 amide bonds. The molecule has 0 spiro atoms. The van der Waals surface area contributed by atoms with Gasteiger partial charge in [0.25, 0.3) is 0 Å². The Morgan fingerprint density at radius 2 is 1.90 bits per heavy atom. The smallest absolute Gasteiger partial charge is 0.154 e. The molecule has 0 saturated heterocycles. The van der Waals surface area contributed by atoms with Crippen molar-refractivity contribution in [3.63, 3.8) is 0 Å². The van der Waals surface area contributed by atoms with E-state index < -0.39 is 0 Å². The standard InChI is InChI=1S/C15H12Cl2FNO.ClH/c1-19-13-6-8-5-9(18)7-10(15(8)20-13)14-11(16)3-2-4-12(14)17;/h2-5,7,13,19H,6H2,1H3;1H. The van der Waals surface area contributed by atoms with Gasteiger partial charge >= 0.3 is 0 Å². The van der Waals surface area contributed by atoms with E-state index in [-0.39, 0.29) is 24.5 Å². The van der Waals surface area contributed by atoms with Gasteiger partial charge in [0.1, 0.15) is 11.6 Å². The number of hydrogen-bond acceptors (Lipinski definition) is 2. The van der Waals surface area contributed by atoms with Gasteiger partial charge in [-0.3, -0.25) is 5.32 Å². The molecule has 2 nitrogen and oxygen atoms in total. The topological polar surface area (TPSA) is 21.3 Å². The van der Waals surface area contributed by atoms with Gasteiger partial charge in [-0.15, -0.1) is 12.4 Å². The molecule has 3 rings (SSSR count). The van der Waals surface area contributed by atoms with Gasteiger partial charge in [0, 0.05) is 23.1 Å². The van der Waals surface area contributed by atoms with Crippen LogP contribution in [0, 0.1) is 5.82 Å². The van der Waals surface area contributed by atoms with Gasteiger partial charge in [-0.25, -0.2) is 4.39 Å². The van der Waals surface area contributed by atoms with Crippen molar-refractivity contribution in [3.8, 4) is 16.9 Å². The zero-order chi connectivity index (χ0) is 14.3. The Bertz CT molecular complexity index is 658. The SMILES string of the molecule is CNC1Cc2cc(F)cc(-c3c(Cl)cccc3Cl)c2O1.Cl. The number of fused-ring (bicyclic) bond motifs is 1. The lowest BCUT2D eigenvalue weighted by Crippen LogP contribution is -2.29. The van der Waals surface area contributed by atoms with Crippen molar-refractivity contribution in [2.24, 2.45) is 0 Å². The maximum absolute atomic E-state index is 13.8. The number of benzene rings is 2. The minimum atomic E-state index is -0.324. The van der Waals surface area contributed by atoms with E-state index >= 15 is 0 Å². The van der Waals surface area contributed by atoms with E-state index in [0.717, 1.165) is 5.56 Å². The normalized spacial score (nSPS) is 16.1. The summed E-state index contributed by atoms with van der Waals surface area (Å²) in [7, 11) is 1.80. The van der Waals surface area contributed by atoms with Crippen molar-refractivity contribution >= 4 is 35.6 Å². The molecule has 2 aromatic carbocycles. The molecule has 0 radical (unpaired) electrons. The van der Waals surface area contributed by atoms with Crippen LogP contribution < -0.4 is 10.1 Å². The Hall–Kier alpha value is -1.000. The predicted octanol–water partition coefficient (Wildman–Crippen LogP) is 4.70. The monoisotopic (exact) mass is 347 g/mol. The Morgan fingerprint density at radius 1 is 1.24 bits per heavy atom. The lowest BCUT2D eigenvalue weighted by atomic mass is 10.0. The van der Waals surface area contributed by atoms with Crippen molar-refractivity contribution < 1.29 is 9.13 Å². The molecule has 0 bridgehead atoms. The third kappa shape index (κ3) is 2.97. The lowest BCUT2D eigenvalue weighted by Gasteiger charge is -2.13. The van der Waals surface area contributed by atoms with Gasteiger partial charge in [-0.2, -0.15) is 0 Å². The highest BCUT2D eigenvalue weighted by atomic mass is 35.5. The summed E-state index contributed by atoms with van der Waals surface area (Å²) < 4.78 is 19.7. The average Bonchev–Trinajstić information content (AvgIpc) is 2.81. The van der Waals surface area contributed by atoms with E-state index in [4.69, 9.17) is 27.9 Å². The fraction of sp³-hybridized carbons (Fsp3) is 0.200. The molecule has 6 heteroatoms. The first-order chi connectivity index (χ1) is 9.60. The maximum Gasteiger partial charge on any atom is 0.154 e. The molecule has 1 heterocycles. The zero-order valence-corrected chi connectivity index (χ0v) is 13.4. The Morgan fingerprint density at radius 3 is 2.52 bits per heavy atom. The molecule has 112 valence electrons. The Balaban J connectivity index is 0.00000161. The van der Waals surface area contributed by atoms with Crippen LogP contribution in [0.2, 0.25) is 10.0 Å². The van der Waals surface area contributed by atoms with Crippen molar-refractivity contribution in [2.75, 3.05) is 7.05 Å². The minimum absolute atomic E-state index is 0. The van der Waals surface area contributed by atoms with Crippen molar-refractivity contribution in [2.45, 2.75) is 12.6 Å². The molecule has 21 heavy (non-hydrogen) atoms. The highest BCUT2D eigenvalue weighted by molar-refractivity contribution is 6.39. The molecule has 0 fully saturated rings. The van der Waals surface area contributed by atoms with Crippen LogP contribution in [0.1, 0.15) is 5.56 Å². The molecule has 0 aliphatic carbocycles. The summed E-state index contributed by atoms with van der Waals surface area (Å²) >= 11 is 12.4. The summed E-state index contributed by atoms with van der Waals surface area (Å²) in [4.78, 5) is 0. The molecular weight excluding hydrogens is 336 g/mol. The number of ether oxygens (including phenoxy) is 1. The van der Waals surface area contributed by atoms with Crippen LogP contribution in [-0.4, -0.2) is 13.3 Å². The van der Waals surface area contributed by atoms with Gasteiger partial charge < -0.3 is 4.74 Å². The minimum Gasteiger partial charge on any atom is -0.474 e. The number of halogens is 4. The number of likely N-dealkylation sites (N-methyl/N-ethyl adjacent to an activating group) is 1. The quantitative estimate of drug-likeness (QED) is 0.849. The van der Waals surface area contributed by atoms with Gasteiger partial charge in [-0.1, -0.05) is 29.3 Å². The van der Waals surface area contributed by atoms with Crippen LogP contribution in [0.3, 0.4) is 0 Å². The molecule has 0 aromatic heterocycles. The fourth-order valence-corrected chi connectivity index (χ4v) is 3.03. The third-order valence-electron chi connectivity index (χ3n) is 3.35. The van der Waals surface area contributed by atoms with E-state index in [1.807, 2.05) is 0 Å². The van der Waals surface area contributed by atoms with Crippen molar-refractivity contribution in [1.82, 2.24) is 5.32 Å². The highest BCUT2D eigenvalue weighted by Gasteiger charge is 2.27. The summed E-state index contributed by atoms with van der Waals surface area (Å²) in [5.74, 6) is 0.316. The second kappa shape index (κ2) is 6.41. The summed E-state index contributed by atoms with van der Waals surface area (Å²) in [6.07, 6.45) is 0.449. The highest BCUT2D eigenvalue weighted by Crippen LogP contribution is 2.44. The maximum atomic E-state index is 13.8. The number of nitrogens with one attached hydrogen (secondary N) is 1. The summed E-state index contributed by atoms with van der Waals surface area (Å²) in [6, 6.07) is 8.10. The van der Waals surface area contributed by atoms with E-state index in [9.17, 15) is 4.39 Å². The van der Waals surface area contributed by atoms with Crippen molar-refractivity contribution in [1.29, 1.82) is 0 Å². The molecular formula is C15H13Cl3FNO. The van der Waals surface area contributed by atoms with E-state index in [1.54, 1.807) is 25.2 Å². The Kier molecular flexibility index (Phi) is 4.99. The average molecular weight is 349 g/mol. The van der Waals surface area contributed by atoms with Crippen LogP contribution in [0.25, 0.3) is 11.1 Å². The van der Waals surface area contributed by atoms with E-state index in [2.05, 4.69) is 5.32 Å². The first-order valence-corrected chi connectivity index (χ1v) is 6.96. The van der Waals surface area contributed by atoms with Crippen LogP contribution in [0.15, 0.2) is 30.3 Å². The van der Waals surface area contributed by atoms with Gasteiger partial charge in [-0.05, 0) is 31.3 Å². The molecule has 0 saturated carbocycles. The van der Waals surface area contributed by atoms with Gasteiger partial charge in [0.15, 0.2) is 6.23 Å². The van der Waals surface area contributed by atoms with E-state index in [1.165, 1.54) is 12.1 Å². The second-order valence-electron chi connectivity index (χ2n) is 4.64. The zero-order valence-electron chi connectivity index (χ0n) is 11.1. The largest absolute Gasteiger partial charge is 0.474 e. The summed E-state index contributed by atoms with van der Waals surface area (Å²) in [5.41, 5.74) is 2.01. The van der Waals surface area contributed by atoms with E-state index in [0.29, 0.717) is 33.3 Å². The summed E-state index contributed by atoms with van der Waals surface area (Å²) in [5, 5.41) is 3.98. The molecule has 1 unspecified atom stereocenters. The Labute approximate surface area is 138 Å². The van der Waals surface area contributed by atoms with Gasteiger partial charge in [0.05, 0.1) is 10.0 Å². The van der Waals surface area contributed by atoms with Crippen LogP contribution in [0.4, 0.5) is 4.39 Å². The lowest BCUT2D eigenvalue weighted by molar-refractivity contribution is 0.204. The fourth-order valence-electron chi connectivity index (χ4n) is 2.43. The third-order valence-corrected chi connectivity index (χ3v) is 3.98. The molecule has 1 atom stereocenters. The number of rotatable bonds is 2. The molecule has 1 N–H and O–H groups in total. The molecule has 1 aliphatic rings. The van der Waals surface area contributed by atoms with Gasteiger partial charge in [0.2, 0.25) is 0 Å². The first-order valence-electron chi connectivity index (χ1n) is 6.21. The predicted molar refractivity (Wildman–Crippen MR) is 86.3 cm³/mol. The first kappa shape index (κ1) is 16.4. The summed E-state index contributed by atoms with van der Waals surface area (Å²) in [6.45, 7) is 0. The van der Waals surface area contributed by atoms with Crippen LogP contribution in [0.5, 0.6) is 5.75 Å². The molecule has 2 aromatic rings. The van der Waals surface area contributed by atoms with Crippen LogP contribution >= 0.6 is 35.6 Å². The molecule has 1 aliphatic heterocycles.